The Balaban J connectivity index is 2.35. The summed E-state index contributed by atoms with van der Waals surface area (Å²) in [5, 5.41) is 0. The van der Waals surface area contributed by atoms with E-state index in [4.69, 9.17) is 6.42 Å². The molecule has 0 bridgehead atoms. The van der Waals surface area contributed by atoms with Gasteiger partial charge in [0.15, 0.2) is 0 Å². The van der Waals surface area contributed by atoms with E-state index in [1.54, 1.807) is 0 Å². The Bertz CT molecular complexity index is 616. The number of hydrogen-bond acceptors (Lipinski definition) is 0. The minimum atomic E-state index is -4.30. The van der Waals surface area contributed by atoms with Gasteiger partial charge in [-0.3, -0.25) is 0 Å². The van der Waals surface area contributed by atoms with Crippen molar-refractivity contribution in [3.8, 4) is 23.5 Å². The van der Waals surface area contributed by atoms with Crippen LogP contribution >= 0.6 is 0 Å². The van der Waals surface area contributed by atoms with Crippen molar-refractivity contribution < 1.29 is 13.2 Å². The lowest BCUT2D eigenvalue weighted by Crippen LogP contribution is -2.04. The van der Waals surface area contributed by atoms with Gasteiger partial charge in [0.05, 0.1) is 5.56 Å². The molecule has 102 valence electrons. The van der Waals surface area contributed by atoms with Crippen LogP contribution in [0.2, 0.25) is 0 Å². The molecule has 0 saturated carbocycles. The Labute approximate surface area is 116 Å². The van der Waals surface area contributed by atoms with E-state index in [0.29, 0.717) is 12.8 Å². The van der Waals surface area contributed by atoms with Crippen LogP contribution in [0.15, 0.2) is 48.5 Å². The lowest BCUT2D eigenvalue weighted by Gasteiger charge is -2.11. The molecule has 0 atom stereocenters. The van der Waals surface area contributed by atoms with Gasteiger partial charge in [-0.25, -0.2) is 0 Å². The highest BCUT2D eigenvalue weighted by Gasteiger charge is 2.29. The van der Waals surface area contributed by atoms with E-state index in [9.17, 15) is 13.2 Å². The van der Waals surface area contributed by atoms with E-state index in [1.807, 2.05) is 24.3 Å². The zero-order valence-corrected chi connectivity index (χ0v) is 10.7. The molecule has 0 heterocycles. The molecule has 0 fully saturated rings. The van der Waals surface area contributed by atoms with E-state index < -0.39 is 11.7 Å². The number of alkyl halides is 3. The molecule has 0 spiro atoms. The maximum Gasteiger partial charge on any atom is 0.416 e. The monoisotopic (exact) mass is 274 g/mol. The smallest absolute Gasteiger partial charge is 0.166 e. The number of aryl methyl sites for hydroxylation is 1. The van der Waals surface area contributed by atoms with Gasteiger partial charge in [0.2, 0.25) is 0 Å². The second kappa shape index (κ2) is 5.83. The van der Waals surface area contributed by atoms with Crippen molar-refractivity contribution in [2.75, 3.05) is 0 Å². The maximum atomic E-state index is 12.5. The van der Waals surface area contributed by atoms with Gasteiger partial charge < -0.3 is 0 Å². The minimum Gasteiger partial charge on any atom is -0.166 e. The van der Waals surface area contributed by atoms with Gasteiger partial charge in [0.1, 0.15) is 0 Å². The lowest BCUT2D eigenvalue weighted by atomic mass is 9.96. The molecule has 0 amide bonds. The molecule has 20 heavy (non-hydrogen) atoms. The molecular weight excluding hydrogens is 261 g/mol. The molecule has 2 rings (SSSR count). The maximum absolute atomic E-state index is 12.5. The van der Waals surface area contributed by atoms with Gasteiger partial charge in [0.25, 0.3) is 0 Å². The molecule has 0 radical (unpaired) electrons. The van der Waals surface area contributed by atoms with E-state index in [2.05, 4.69) is 5.92 Å². The van der Waals surface area contributed by atoms with Crippen LogP contribution in [0, 0.1) is 12.3 Å². The summed E-state index contributed by atoms with van der Waals surface area (Å²) < 4.78 is 37.6. The second-order valence-corrected chi connectivity index (χ2v) is 4.44. The predicted molar refractivity (Wildman–Crippen MR) is 74.0 cm³/mol. The molecule has 2 aromatic carbocycles. The predicted octanol–water partition coefficient (Wildman–Crippen LogP) is 4.94. The summed E-state index contributed by atoms with van der Waals surface area (Å²) in [5.41, 5.74) is 2.11. The fourth-order valence-corrected chi connectivity index (χ4v) is 2.07. The van der Waals surface area contributed by atoms with Gasteiger partial charge in [0, 0.05) is 6.42 Å². The van der Waals surface area contributed by atoms with E-state index in [-0.39, 0.29) is 0 Å². The molecule has 0 N–H and O–H groups in total. The normalized spacial score (nSPS) is 11.1. The van der Waals surface area contributed by atoms with Crippen molar-refractivity contribution in [3.63, 3.8) is 0 Å². The molecule has 0 saturated heterocycles. The zero-order valence-electron chi connectivity index (χ0n) is 10.7. The highest BCUT2D eigenvalue weighted by atomic mass is 19.4. The van der Waals surface area contributed by atoms with Crippen molar-refractivity contribution in [3.05, 3.63) is 59.7 Å². The van der Waals surface area contributed by atoms with Crippen LogP contribution < -0.4 is 0 Å². The molecule has 3 heteroatoms. The van der Waals surface area contributed by atoms with Gasteiger partial charge in [-0.1, -0.05) is 36.4 Å². The Morgan fingerprint density at radius 3 is 2.20 bits per heavy atom. The van der Waals surface area contributed by atoms with Crippen molar-refractivity contribution >= 4 is 0 Å². The minimum absolute atomic E-state index is 0.609. The fourth-order valence-electron chi connectivity index (χ4n) is 2.07. The van der Waals surface area contributed by atoms with E-state index in [0.717, 1.165) is 28.8 Å². The summed E-state index contributed by atoms with van der Waals surface area (Å²) in [4.78, 5) is 0. The summed E-state index contributed by atoms with van der Waals surface area (Å²) in [5.74, 6) is 2.58. The topological polar surface area (TPSA) is 0 Å². The van der Waals surface area contributed by atoms with Crippen LogP contribution in [0.3, 0.4) is 0 Å². The second-order valence-electron chi connectivity index (χ2n) is 4.44. The van der Waals surface area contributed by atoms with Crippen LogP contribution in [0.25, 0.3) is 11.1 Å². The van der Waals surface area contributed by atoms with E-state index >= 15 is 0 Å². The quantitative estimate of drug-likeness (QED) is 0.695. The largest absolute Gasteiger partial charge is 0.416 e. The molecule has 0 nitrogen and oxygen atoms in total. The third kappa shape index (κ3) is 3.21. The van der Waals surface area contributed by atoms with Gasteiger partial charge in [-0.05, 0) is 35.2 Å². The van der Waals surface area contributed by atoms with Gasteiger partial charge >= 0.3 is 6.18 Å². The number of rotatable bonds is 3. The van der Waals surface area contributed by atoms with E-state index in [1.165, 1.54) is 12.1 Å². The fraction of sp³-hybridized carbons (Fsp3) is 0.176. The number of halogens is 3. The molecule has 0 aliphatic rings. The number of hydrogen-bond donors (Lipinski definition) is 0. The lowest BCUT2D eigenvalue weighted by molar-refractivity contribution is -0.137. The SMILES string of the molecule is C#CCCc1ccccc1-c1ccc(C(F)(F)F)cc1. The first-order valence-electron chi connectivity index (χ1n) is 6.21. The highest BCUT2D eigenvalue weighted by molar-refractivity contribution is 5.67. The van der Waals surface area contributed by atoms with Crippen molar-refractivity contribution in [1.29, 1.82) is 0 Å². The molecule has 0 aliphatic carbocycles. The average molecular weight is 274 g/mol. The Hall–Kier alpha value is -2.21. The Morgan fingerprint density at radius 1 is 0.950 bits per heavy atom. The molecule has 0 aliphatic heterocycles. The van der Waals surface area contributed by atoms with Crippen LogP contribution in [-0.2, 0) is 12.6 Å². The third-order valence-electron chi connectivity index (χ3n) is 3.08. The number of terminal acetylenes is 1. The summed E-state index contributed by atoms with van der Waals surface area (Å²) in [6.45, 7) is 0. The Morgan fingerprint density at radius 2 is 1.60 bits per heavy atom. The summed E-state index contributed by atoms with van der Waals surface area (Å²) in [6.07, 6.45) is 2.28. The molecule has 2 aromatic rings. The van der Waals surface area contributed by atoms with Crippen molar-refractivity contribution in [2.45, 2.75) is 19.0 Å². The third-order valence-corrected chi connectivity index (χ3v) is 3.08. The summed E-state index contributed by atoms with van der Waals surface area (Å²) in [6, 6.07) is 12.8. The van der Waals surface area contributed by atoms with Crippen molar-refractivity contribution in [2.24, 2.45) is 0 Å². The zero-order chi connectivity index (χ0) is 14.6. The molecule has 0 unspecified atom stereocenters. The van der Waals surface area contributed by atoms with Gasteiger partial charge in [-0.2, -0.15) is 13.2 Å². The highest BCUT2D eigenvalue weighted by Crippen LogP contribution is 2.32. The van der Waals surface area contributed by atoms with Crippen LogP contribution in [0.1, 0.15) is 17.5 Å². The first kappa shape index (κ1) is 14.2. The Kier molecular flexibility index (Phi) is 4.14. The molecular formula is C17H13F3. The van der Waals surface area contributed by atoms with Gasteiger partial charge in [-0.15, -0.1) is 12.3 Å². The van der Waals surface area contributed by atoms with Crippen molar-refractivity contribution in [1.82, 2.24) is 0 Å². The molecule has 0 aromatic heterocycles. The van der Waals surface area contributed by atoms with Crippen LogP contribution in [0.4, 0.5) is 13.2 Å². The summed E-state index contributed by atoms with van der Waals surface area (Å²) in [7, 11) is 0. The summed E-state index contributed by atoms with van der Waals surface area (Å²) >= 11 is 0. The first-order valence-corrected chi connectivity index (χ1v) is 6.21. The average Bonchev–Trinajstić information content (AvgIpc) is 2.45. The standard InChI is InChI=1S/C17H13F3/c1-2-3-6-13-7-4-5-8-16(13)14-9-11-15(12-10-14)17(18,19)20/h1,4-5,7-12H,3,6H2. The van der Waals surface area contributed by atoms with Crippen LogP contribution in [-0.4, -0.2) is 0 Å². The number of benzene rings is 2. The first-order chi connectivity index (χ1) is 9.52. The van der Waals surface area contributed by atoms with Crippen LogP contribution in [0.5, 0.6) is 0 Å².